The van der Waals surface area contributed by atoms with E-state index in [0.717, 1.165) is 0 Å². The van der Waals surface area contributed by atoms with Gasteiger partial charge in [0.25, 0.3) is 0 Å². The van der Waals surface area contributed by atoms with Crippen LogP contribution in [-0.4, -0.2) is 4.98 Å². The molecule has 0 spiro atoms. The van der Waals surface area contributed by atoms with Crippen LogP contribution in [0.15, 0.2) is 49.1 Å². The number of rotatable bonds is 18. The van der Waals surface area contributed by atoms with Crippen molar-refractivity contribution in [2.75, 3.05) is 0 Å². The Kier molecular flexibility index (Phi) is 13.3. The number of benzene rings is 1. The molecule has 2 nitrogen and oxygen atoms in total. The van der Waals surface area contributed by atoms with Gasteiger partial charge < -0.3 is 0 Å². The van der Waals surface area contributed by atoms with Crippen LogP contribution in [0.25, 0.3) is 0 Å². The normalized spacial score (nSPS) is 13.4. The third-order valence-corrected chi connectivity index (χ3v) is 6.62. The van der Waals surface area contributed by atoms with E-state index in [4.69, 9.17) is 0 Å². The first kappa shape index (κ1) is 24.7. The van der Waals surface area contributed by atoms with Gasteiger partial charge in [0.2, 0.25) is 6.33 Å². The van der Waals surface area contributed by atoms with Gasteiger partial charge in [-0.1, -0.05) is 115 Å². The largest absolute Gasteiger partial charge is 0.250 e. The fraction of sp³-hybridized carbons (Fsp3) is 0.679. The SMILES string of the molecule is CCCCCCCCCCCCC(C(CCCC)Cc1ccccc1)[n+]1cc[nH]c1. The van der Waals surface area contributed by atoms with Crippen molar-refractivity contribution >= 4 is 0 Å². The predicted octanol–water partition coefficient (Wildman–Crippen LogP) is 8.20. The molecule has 1 aromatic carbocycles. The molecule has 0 aliphatic carbocycles. The maximum Gasteiger partial charge on any atom is 0.241 e. The fourth-order valence-electron chi connectivity index (χ4n) is 4.79. The Balaban J connectivity index is 1.81. The van der Waals surface area contributed by atoms with E-state index < -0.39 is 0 Å². The second-order valence-corrected chi connectivity index (χ2v) is 9.19. The quantitative estimate of drug-likeness (QED) is 0.188. The van der Waals surface area contributed by atoms with Gasteiger partial charge in [0.15, 0.2) is 0 Å². The lowest BCUT2D eigenvalue weighted by Crippen LogP contribution is -2.42. The summed E-state index contributed by atoms with van der Waals surface area (Å²) >= 11 is 0. The Morgan fingerprint density at radius 2 is 1.37 bits per heavy atom. The van der Waals surface area contributed by atoms with Gasteiger partial charge in [0.1, 0.15) is 18.4 Å². The number of aromatic amines is 1. The first-order valence-electron chi connectivity index (χ1n) is 12.9. The molecule has 0 saturated carbocycles. The first-order chi connectivity index (χ1) is 14.8. The molecule has 2 unspecified atom stereocenters. The molecule has 2 atom stereocenters. The molecule has 2 rings (SSSR count). The summed E-state index contributed by atoms with van der Waals surface area (Å²) in [5.74, 6) is 0.715. The van der Waals surface area contributed by atoms with Crippen molar-refractivity contribution < 1.29 is 4.57 Å². The van der Waals surface area contributed by atoms with Gasteiger partial charge >= 0.3 is 0 Å². The summed E-state index contributed by atoms with van der Waals surface area (Å²) in [6.45, 7) is 4.62. The van der Waals surface area contributed by atoms with Gasteiger partial charge in [0.05, 0.1) is 0 Å². The summed E-state index contributed by atoms with van der Waals surface area (Å²) in [6, 6.07) is 11.7. The maximum absolute atomic E-state index is 3.29. The molecule has 0 radical (unpaired) electrons. The zero-order chi connectivity index (χ0) is 21.3. The molecule has 2 aromatic rings. The topological polar surface area (TPSA) is 19.7 Å². The van der Waals surface area contributed by atoms with Gasteiger partial charge in [-0.05, 0) is 31.2 Å². The average molecular weight is 412 g/mol. The molecule has 30 heavy (non-hydrogen) atoms. The number of aromatic nitrogens is 2. The van der Waals surface area contributed by atoms with Crippen molar-refractivity contribution in [3.05, 3.63) is 54.6 Å². The predicted molar refractivity (Wildman–Crippen MR) is 130 cm³/mol. The number of nitrogens with zero attached hydrogens (tertiary/aromatic N) is 1. The first-order valence-corrected chi connectivity index (χ1v) is 12.9. The molecule has 0 fully saturated rings. The Morgan fingerprint density at radius 1 is 0.733 bits per heavy atom. The van der Waals surface area contributed by atoms with Crippen molar-refractivity contribution in [2.45, 2.75) is 116 Å². The third kappa shape index (κ3) is 9.96. The molecule has 0 saturated heterocycles. The van der Waals surface area contributed by atoms with E-state index in [9.17, 15) is 0 Å². The molecule has 0 aliphatic rings. The Labute approximate surface area is 186 Å². The van der Waals surface area contributed by atoms with E-state index in [-0.39, 0.29) is 0 Å². The Bertz CT molecular complexity index is 605. The highest BCUT2D eigenvalue weighted by molar-refractivity contribution is 5.15. The number of H-pyrrole nitrogens is 1. The average Bonchev–Trinajstić information content (AvgIpc) is 3.30. The third-order valence-electron chi connectivity index (χ3n) is 6.62. The van der Waals surface area contributed by atoms with Crippen molar-refractivity contribution in [2.24, 2.45) is 5.92 Å². The zero-order valence-corrected chi connectivity index (χ0v) is 19.8. The van der Waals surface area contributed by atoms with E-state index in [0.29, 0.717) is 12.0 Å². The second-order valence-electron chi connectivity index (χ2n) is 9.19. The Morgan fingerprint density at radius 3 is 1.97 bits per heavy atom. The molecule has 0 aliphatic heterocycles. The summed E-state index contributed by atoms with van der Waals surface area (Å²) in [4.78, 5) is 3.29. The smallest absolute Gasteiger partial charge is 0.241 e. The van der Waals surface area contributed by atoms with E-state index in [1.165, 1.54) is 102 Å². The number of hydrogen-bond donors (Lipinski definition) is 1. The molecule has 1 aromatic heterocycles. The molecule has 1 N–H and O–H groups in total. The van der Waals surface area contributed by atoms with Crippen LogP contribution in [0.2, 0.25) is 0 Å². The lowest BCUT2D eigenvalue weighted by Gasteiger charge is -2.25. The fourth-order valence-corrected chi connectivity index (χ4v) is 4.79. The van der Waals surface area contributed by atoms with E-state index in [1.54, 1.807) is 0 Å². The van der Waals surface area contributed by atoms with E-state index in [1.807, 2.05) is 0 Å². The molecule has 2 heteroatoms. The zero-order valence-electron chi connectivity index (χ0n) is 19.8. The summed E-state index contributed by atoms with van der Waals surface area (Å²) < 4.78 is 2.46. The summed E-state index contributed by atoms with van der Waals surface area (Å²) in [7, 11) is 0. The number of hydrogen-bond acceptors (Lipinski definition) is 0. The molecule has 1 heterocycles. The van der Waals surface area contributed by atoms with Crippen molar-refractivity contribution in [1.82, 2.24) is 4.98 Å². The van der Waals surface area contributed by atoms with Crippen molar-refractivity contribution in [3.8, 4) is 0 Å². The van der Waals surface area contributed by atoms with Gasteiger partial charge in [-0.15, -0.1) is 0 Å². The highest BCUT2D eigenvalue weighted by atomic mass is 15.1. The standard InChI is InChI=1S/C28H46N2/c1-3-5-7-8-9-10-11-12-13-17-21-28(30-23-22-29-25-30)27(20-6-4-2)24-26-18-15-14-16-19-26/h14-16,18-19,22-23,25,27-28H,3-13,17,20-21,24H2,1-2H3/p+1. The molecule has 0 bridgehead atoms. The van der Waals surface area contributed by atoms with Crippen LogP contribution in [0, 0.1) is 5.92 Å². The monoisotopic (exact) mass is 411 g/mol. The molecule has 0 amide bonds. The van der Waals surface area contributed by atoms with Crippen LogP contribution in [-0.2, 0) is 6.42 Å². The second kappa shape index (κ2) is 16.2. The van der Waals surface area contributed by atoms with Gasteiger partial charge in [-0.25, -0.2) is 4.57 Å². The Hall–Kier alpha value is -1.57. The summed E-state index contributed by atoms with van der Waals surface area (Å²) in [5, 5.41) is 0. The van der Waals surface area contributed by atoms with E-state index >= 15 is 0 Å². The van der Waals surface area contributed by atoms with Crippen LogP contribution in [0.1, 0.15) is 115 Å². The highest BCUT2D eigenvalue weighted by Crippen LogP contribution is 2.28. The highest BCUT2D eigenvalue weighted by Gasteiger charge is 2.26. The molecular weight excluding hydrogens is 364 g/mol. The molecule has 168 valence electrons. The van der Waals surface area contributed by atoms with Gasteiger partial charge in [-0.2, -0.15) is 0 Å². The number of imidazole rings is 1. The van der Waals surface area contributed by atoms with Crippen LogP contribution in [0.5, 0.6) is 0 Å². The van der Waals surface area contributed by atoms with Crippen molar-refractivity contribution in [3.63, 3.8) is 0 Å². The van der Waals surface area contributed by atoms with Crippen LogP contribution in [0.4, 0.5) is 0 Å². The molecular formula is C28H47N2+. The van der Waals surface area contributed by atoms with E-state index in [2.05, 4.69) is 72.5 Å². The summed E-state index contributed by atoms with van der Waals surface area (Å²) in [6.07, 6.45) is 27.0. The van der Waals surface area contributed by atoms with Crippen LogP contribution < -0.4 is 4.57 Å². The van der Waals surface area contributed by atoms with Gasteiger partial charge in [-0.3, -0.25) is 4.98 Å². The number of unbranched alkanes of at least 4 members (excludes halogenated alkanes) is 10. The van der Waals surface area contributed by atoms with Crippen LogP contribution in [0.3, 0.4) is 0 Å². The van der Waals surface area contributed by atoms with Crippen LogP contribution >= 0.6 is 0 Å². The maximum atomic E-state index is 3.29. The van der Waals surface area contributed by atoms with Crippen molar-refractivity contribution in [1.29, 1.82) is 0 Å². The lowest BCUT2D eigenvalue weighted by molar-refractivity contribution is -0.730. The summed E-state index contributed by atoms with van der Waals surface area (Å²) in [5.41, 5.74) is 1.49. The van der Waals surface area contributed by atoms with Gasteiger partial charge in [0, 0.05) is 5.92 Å². The minimum atomic E-state index is 0.608. The lowest BCUT2D eigenvalue weighted by atomic mass is 9.85. The number of nitrogens with one attached hydrogen (secondary N) is 1. The minimum absolute atomic E-state index is 0.608. The minimum Gasteiger partial charge on any atom is -0.250 e.